The van der Waals surface area contributed by atoms with E-state index in [1.807, 2.05) is 66.4 Å². The second-order valence-corrected chi connectivity index (χ2v) is 6.36. The topological polar surface area (TPSA) is 32.8 Å². The van der Waals surface area contributed by atoms with Gasteiger partial charge in [0.1, 0.15) is 11.9 Å². The molecule has 0 N–H and O–H groups in total. The van der Waals surface area contributed by atoms with Crippen molar-refractivity contribution in [3.05, 3.63) is 59.7 Å². The van der Waals surface area contributed by atoms with Gasteiger partial charge in [-0.15, -0.1) is 0 Å². The Balaban J connectivity index is 1.60. The number of likely N-dealkylation sites (tertiary alicyclic amines) is 1. The zero-order chi connectivity index (χ0) is 17.1. The maximum absolute atomic E-state index is 12.6. The average molecular weight is 324 g/mol. The van der Waals surface area contributed by atoms with Gasteiger partial charge in [0.05, 0.1) is 13.1 Å². The fourth-order valence-electron chi connectivity index (χ4n) is 2.87. The number of benzene rings is 2. The van der Waals surface area contributed by atoms with E-state index in [-0.39, 0.29) is 12.0 Å². The predicted molar refractivity (Wildman–Crippen MR) is 96.9 cm³/mol. The molecular weight excluding hydrogens is 300 g/mol. The Labute approximate surface area is 143 Å². The zero-order valence-electron chi connectivity index (χ0n) is 14.5. The van der Waals surface area contributed by atoms with Gasteiger partial charge in [-0.1, -0.05) is 31.2 Å². The number of amides is 1. The second-order valence-electron chi connectivity index (χ2n) is 6.36. The highest BCUT2D eigenvalue weighted by molar-refractivity contribution is 5.95. The Bertz CT molecular complexity index is 721. The summed E-state index contributed by atoms with van der Waals surface area (Å²) in [4.78, 5) is 16.4. The molecule has 4 heteroatoms. The standard InChI is InChI=1S/C20H24N2O2/c1-4-15-8-5-6-11-19(15)24-18-13-22(14-18)20(23)16-9-7-10-17(12-16)21(2)3/h5-12,18H,4,13-14H2,1-3H3. The maximum Gasteiger partial charge on any atom is 0.254 e. The normalized spacial score (nSPS) is 14.2. The van der Waals surface area contributed by atoms with Crippen LogP contribution in [0.2, 0.25) is 0 Å². The Kier molecular flexibility index (Phi) is 4.74. The molecule has 0 saturated carbocycles. The number of anilines is 1. The summed E-state index contributed by atoms with van der Waals surface area (Å²) in [5.74, 6) is 1.01. The minimum atomic E-state index is 0.0716. The van der Waals surface area contributed by atoms with Crippen LogP contribution in [0.3, 0.4) is 0 Å². The fraction of sp³-hybridized carbons (Fsp3) is 0.350. The van der Waals surface area contributed by atoms with E-state index in [4.69, 9.17) is 4.74 Å². The van der Waals surface area contributed by atoms with Gasteiger partial charge in [-0.2, -0.15) is 0 Å². The van der Waals surface area contributed by atoms with Gasteiger partial charge < -0.3 is 14.5 Å². The molecule has 0 aromatic heterocycles. The van der Waals surface area contributed by atoms with Crippen molar-refractivity contribution < 1.29 is 9.53 Å². The third kappa shape index (κ3) is 3.37. The van der Waals surface area contributed by atoms with Crippen molar-refractivity contribution in [1.29, 1.82) is 0 Å². The lowest BCUT2D eigenvalue weighted by Crippen LogP contribution is -2.56. The van der Waals surface area contributed by atoms with Crippen LogP contribution in [-0.2, 0) is 6.42 Å². The lowest BCUT2D eigenvalue weighted by molar-refractivity contribution is 0.0174. The highest BCUT2D eigenvalue weighted by atomic mass is 16.5. The molecule has 126 valence electrons. The summed E-state index contributed by atoms with van der Waals surface area (Å²) in [7, 11) is 3.95. The second kappa shape index (κ2) is 6.95. The van der Waals surface area contributed by atoms with Crippen molar-refractivity contribution in [2.45, 2.75) is 19.4 Å². The molecule has 0 unspecified atom stereocenters. The molecule has 1 amide bonds. The third-order valence-electron chi connectivity index (χ3n) is 4.39. The van der Waals surface area contributed by atoms with E-state index in [2.05, 4.69) is 13.0 Å². The smallest absolute Gasteiger partial charge is 0.254 e. The number of hydrogen-bond donors (Lipinski definition) is 0. The molecule has 1 fully saturated rings. The summed E-state index contributed by atoms with van der Waals surface area (Å²) >= 11 is 0. The van der Waals surface area contributed by atoms with Crippen LogP contribution in [0, 0.1) is 0 Å². The molecular formula is C20H24N2O2. The molecule has 2 aromatic carbocycles. The van der Waals surface area contributed by atoms with E-state index in [0.717, 1.165) is 23.4 Å². The van der Waals surface area contributed by atoms with Crippen LogP contribution in [0.4, 0.5) is 5.69 Å². The van der Waals surface area contributed by atoms with Gasteiger partial charge in [0, 0.05) is 25.3 Å². The van der Waals surface area contributed by atoms with E-state index in [9.17, 15) is 4.79 Å². The molecule has 0 bridgehead atoms. The van der Waals surface area contributed by atoms with E-state index < -0.39 is 0 Å². The molecule has 4 nitrogen and oxygen atoms in total. The quantitative estimate of drug-likeness (QED) is 0.846. The van der Waals surface area contributed by atoms with E-state index >= 15 is 0 Å². The van der Waals surface area contributed by atoms with Gasteiger partial charge in [-0.3, -0.25) is 4.79 Å². The molecule has 1 heterocycles. The summed E-state index contributed by atoms with van der Waals surface area (Å²) in [6.07, 6.45) is 1.03. The van der Waals surface area contributed by atoms with Gasteiger partial charge in [-0.25, -0.2) is 0 Å². The number of rotatable bonds is 5. The number of nitrogens with zero attached hydrogens (tertiary/aromatic N) is 2. The van der Waals surface area contributed by atoms with Gasteiger partial charge in [0.15, 0.2) is 0 Å². The minimum Gasteiger partial charge on any atom is -0.486 e. The van der Waals surface area contributed by atoms with Crippen LogP contribution in [0.1, 0.15) is 22.8 Å². The zero-order valence-corrected chi connectivity index (χ0v) is 14.5. The van der Waals surface area contributed by atoms with E-state index in [1.165, 1.54) is 5.56 Å². The van der Waals surface area contributed by atoms with Crippen LogP contribution in [0.5, 0.6) is 5.75 Å². The van der Waals surface area contributed by atoms with Crippen LogP contribution < -0.4 is 9.64 Å². The van der Waals surface area contributed by atoms with E-state index in [1.54, 1.807) is 0 Å². The number of aryl methyl sites for hydroxylation is 1. The molecule has 3 rings (SSSR count). The molecule has 0 aliphatic carbocycles. The lowest BCUT2D eigenvalue weighted by Gasteiger charge is -2.39. The van der Waals surface area contributed by atoms with Crippen molar-refractivity contribution in [3.63, 3.8) is 0 Å². The SMILES string of the molecule is CCc1ccccc1OC1CN(C(=O)c2cccc(N(C)C)c2)C1. The Morgan fingerprint density at radius 3 is 2.62 bits per heavy atom. The molecule has 2 aromatic rings. The third-order valence-corrected chi connectivity index (χ3v) is 4.39. The predicted octanol–water partition coefficient (Wildman–Crippen LogP) is 3.22. The van der Waals surface area contributed by atoms with Crippen LogP contribution in [0.15, 0.2) is 48.5 Å². The van der Waals surface area contributed by atoms with Crippen LogP contribution >= 0.6 is 0 Å². The molecule has 0 spiro atoms. The number of para-hydroxylation sites is 1. The highest BCUT2D eigenvalue weighted by Crippen LogP contribution is 2.24. The number of ether oxygens (including phenoxy) is 1. The maximum atomic E-state index is 12.6. The van der Waals surface area contributed by atoms with Crippen molar-refractivity contribution in [1.82, 2.24) is 4.90 Å². The summed E-state index contributed by atoms with van der Waals surface area (Å²) in [5.41, 5.74) is 2.97. The Morgan fingerprint density at radius 2 is 1.92 bits per heavy atom. The van der Waals surface area contributed by atoms with Gasteiger partial charge >= 0.3 is 0 Å². The van der Waals surface area contributed by atoms with Gasteiger partial charge in [0.25, 0.3) is 5.91 Å². The Hall–Kier alpha value is -2.49. The first-order valence-electron chi connectivity index (χ1n) is 8.39. The molecule has 1 aliphatic heterocycles. The largest absolute Gasteiger partial charge is 0.486 e. The van der Waals surface area contributed by atoms with Crippen LogP contribution in [0.25, 0.3) is 0 Å². The molecule has 24 heavy (non-hydrogen) atoms. The number of carbonyl (C=O) groups excluding carboxylic acids is 1. The monoisotopic (exact) mass is 324 g/mol. The molecule has 1 saturated heterocycles. The number of carbonyl (C=O) groups is 1. The number of hydrogen-bond acceptors (Lipinski definition) is 3. The molecule has 0 atom stereocenters. The Morgan fingerprint density at radius 1 is 1.17 bits per heavy atom. The van der Waals surface area contributed by atoms with Crippen molar-refractivity contribution >= 4 is 11.6 Å². The van der Waals surface area contributed by atoms with Crippen molar-refractivity contribution in [3.8, 4) is 5.75 Å². The summed E-state index contributed by atoms with van der Waals surface area (Å²) < 4.78 is 6.05. The molecule has 0 radical (unpaired) electrons. The lowest BCUT2D eigenvalue weighted by atomic mass is 10.1. The first-order chi connectivity index (χ1) is 11.6. The minimum absolute atomic E-state index is 0.0716. The summed E-state index contributed by atoms with van der Waals surface area (Å²) in [6, 6.07) is 15.8. The van der Waals surface area contributed by atoms with Crippen molar-refractivity contribution in [2.24, 2.45) is 0 Å². The first kappa shape index (κ1) is 16.4. The average Bonchev–Trinajstić information content (AvgIpc) is 2.57. The summed E-state index contributed by atoms with van der Waals surface area (Å²) in [6.45, 7) is 3.41. The van der Waals surface area contributed by atoms with Gasteiger partial charge in [-0.05, 0) is 36.2 Å². The molecule has 1 aliphatic rings. The fourth-order valence-corrected chi connectivity index (χ4v) is 2.87. The van der Waals surface area contributed by atoms with Gasteiger partial charge in [0.2, 0.25) is 0 Å². The highest BCUT2D eigenvalue weighted by Gasteiger charge is 2.33. The van der Waals surface area contributed by atoms with Crippen molar-refractivity contribution in [2.75, 3.05) is 32.1 Å². The van der Waals surface area contributed by atoms with E-state index in [0.29, 0.717) is 13.1 Å². The summed E-state index contributed by atoms with van der Waals surface area (Å²) in [5, 5.41) is 0. The van der Waals surface area contributed by atoms with Crippen LogP contribution in [-0.4, -0.2) is 44.1 Å². The first-order valence-corrected chi connectivity index (χ1v) is 8.39.